The molecule has 1 heterocycles. The summed E-state index contributed by atoms with van der Waals surface area (Å²) in [7, 11) is 1.83. The number of nitrogens with one attached hydrogen (secondary N) is 1. The van der Waals surface area contributed by atoms with E-state index in [9.17, 15) is 0 Å². The normalized spacial score (nSPS) is 11.2. The van der Waals surface area contributed by atoms with Crippen LogP contribution in [0.3, 0.4) is 0 Å². The molecule has 0 saturated heterocycles. The first-order chi connectivity index (χ1) is 6.40. The van der Waals surface area contributed by atoms with E-state index in [1.54, 1.807) is 12.3 Å². The molecule has 3 heteroatoms. The fourth-order valence-electron chi connectivity index (χ4n) is 1.12. The van der Waals surface area contributed by atoms with Crippen LogP contribution in [0.25, 0.3) is 17.2 Å². The smallest absolute Gasteiger partial charge is 0.221 e. The Labute approximate surface area is 76.1 Å². The van der Waals surface area contributed by atoms with Gasteiger partial charge in [0.15, 0.2) is 5.58 Å². The van der Waals surface area contributed by atoms with Crippen LogP contribution in [0.15, 0.2) is 34.9 Å². The second kappa shape index (κ2) is 3.31. The van der Waals surface area contributed by atoms with Crippen molar-refractivity contribution in [2.45, 2.75) is 0 Å². The predicted octanol–water partition coefficient (Wildman–Crippen LogP) is 2.02. The van der Waals surface area contributed by atoms with Crippen molar-refractivity contribution in [2.75, 3.05) is 7.05 Å². The molecule has 0 aliphatic carbocycles. The molecule has 0 saturated carbocycles. The van der Waals surface area contributed by atoms with Crippen LogP contribution in [0.1, 0.15) is 5.89 Å². The van der Waals surface area contributed by atoms with Crippen LogP contribution in [0.5, 0.6) is 0 Å². The lowest BCUT2D eigenvalue weighted by atomic mass is 10.3. The fourth-order valence-corrected chi connectivity index (χ4v) is 1.12. The molecular formula is C10H10N2O. The number of hydrogen-bond donors (Lipinski definition) is 1. The van der Waals surface area contributed by atoms with Crippen molar-refractivity contribution in [3.05, 3.63) is 36.4 Å². The Balaban J connectivity index is 2.44. The van der Waals surface area contributed by atoms with Crippen LogP contribution in [0.2, 0.25) is 0 Å². The summed E-state index contributed by atoms with van der Waals surface area (Å²) in [5.74, 6) is 0.621. The minimum atomic E-state index is 0.621. The van der Waals surface area contributed by atoms with Crippen LogP contribution in [-0.2, 0) is 0 Å². The molecule has 1 aromatic carbocycles. The van der Waals surface area contributed by atoms with Gasteiger partial charge in [0.1, 0.15) is 5.52 Å². The third kappa shape index (κ3) is 1.54. The van der Waals surface area contributed by atoms with Gasteiger partial charge in [-0.1, -0.05) is 12.1 Å². The third-order valence-electron chi connectivity index (χ3n) is 1.70. The average molecular weight is 174 g/mol. The van der Waals surface area contributed by atoms with Gasteiger partial charge in [0.05, 0.1) is 0 Å². The second-order valence-electron chi connectivity index (χ2n) is 2.64. The van der Waals surface area contributed by atoms with E-state index in [2.05, 4.69) is 10.3 Å². The third-order valence-corrected chi connectivity index (χ3v) is 1.70. The van der Waals surface area contributed by atoms with Gasteiger partial charge in [-0.25, -0.2) is 4.98 Å². The van der Waals surface area contributed by atoms with E-state index in [-0.39, 0.29) is 0 Å². The lowest BCUT2D eigenvalue weighted by Crippen LogP contribution is -1.90. The van der Waals surface area contributed by atoms with E-state index in [0.29, 0.717) is 5.89 Å². The maximum atomic E-state index is 5.43. The Hall–Kier alpha value is -1.77. The van der Waals surface area contributed by atoms with E-state index in [0.717, 1.165) is 11.1 Å². The Morgan fingerprint density at radius 2 is 2.23 bits per heavy atom. The standard InChI is InChI=1S/C10H10N2O/c1-11-7-6-10-12-8-4-2-3-5-9(8)13-10/h2-7,11H,1H3/b7-6+. The van der Waals surface area contributed by atoms with E-state index in [1.165, 1.54) is 0 Å². The molecule has 66 valence electrons. The Kier molecular flexibility index (Phi) is 2.00. The molecule has 0 radical (unpaired) electrons. The quantitative estimate of drug-likeness (QED) is 0.756. The van der Waals surface area contributed by atoms with Crippen LogP contribution >= 0.6 is 0 Å². The van der Waals surface area contributed by atoms with E-state index >= 15 is 0 Å². The van der Waals surface area contributed by atoms with Gasteiger partial charge in [0.25, 0.3) is 0 Å². The highest BCUT2D eigenvalue weighted by Gasteiger charge is 1.99. The molecule has 0 aliphatic heterocycles. The van der Waals surface area contributed by atoms with Gasteiger partial charge >= 0.3 is 0 Å². The number of rotatable bonds is 2. The molecule has 0 atom stereocenters. The largest absolute Gasteiger partial charge is 0.437 e. The van der Waals surface area contributed by atoms with Crippen molar-refractivity contribution >= 4 is 17.2 Å². The van der Waals surface area contributed by atoms with Crippen LogP contribution in [-0.4, -0.2) is 12.0 Å². The first-order valence-electron chi connectivity index (χ1n) is 4.09. The first kappa shape index (κ1) is 7.86. The zero-order valence-electron chi connectivity index (χ0n) is 7.32. The molecule has 0 bridgehead atoms. The molecule has 0 spiro atoms. The number of nitrogens with zero attached hydrogens (tertiary/aromatic N) is 1. The molecule has 1 N–H and O–H groups in total. The van der Waals surface area contributed by atoms with Crippen molar-refractivity contribution in [2.24, 2.45) is 0 Å². The SMILES string of the molecule is CN/C=C/c1nc2ccccc2o1. The Bertz CT molecular complexity index is 398. The summed E-state index contributed by atoms with van der Waals surface area (Å²) in [6.45, 7) is 0. The van der Waals surface area contributed by atoms with E-state index < -0.39 is 0 Å². The molecule has 0 fully saturated rings. The van der Waals surface area contributed by atoms with Crippen molar-refractivity contribution in [3.8, 4) is 0 Å². The van der Waals surface area contributed by atoms with E-state index in [1.807, 2.05) is 31.3 Å². The number of para-hydroxylation sites is 2. The van der Waals surface area contributed by atoms with Crippen molar-refractivity contribution in [1.82, 2.24) is 10.3 Å². The van der Waals surface area contributed by atoms with Gasteiger partial charge in [-0.05, 0) is 12.1 Å². The summed E-state index contributed by atoms with van der Waals surface area (Å²) in [6.07, 6.45) is 3.57. The van der Waals surface area contributed by atoms with Crippen molar-refractivity contribution < 1.29 is 4.42 Å². The van der Waals surface area contributed by atoms with Crippen LogP contribution in [0.4, 0.5) is 0 Å². The van der Waals surface area contributed by atoms with Gasteiger partial charge in [0, 0.05) is 19.3 Å². The van der Waals surface area contributed by atoms with Gasteiger partial charge in [-0.3, -0.25) is 0 Å². The molecule has 2 aromatic rings. The molecule has 1 aromatic heterocycles. The summed E-state index contributed by atoms with van der Waals surface area (Å²) in [5.41, 5.74) is 1.71. The zero-order chi connectivity index (χ0) is 9.10. The minimum absolute atomic E-state index is 0.621. The minimum Gasteiger partial charge on any atom is -0.437 e. The van der Waals surface area contributed by atoms with Gasteiger partial charge in [-0.2, -0.15) is 0 Å². The highest BCUT2D eigenvalue weighted by atomic mass is 16.3. The molecule has 2 rings (SSSR count). The number of aromatic nitrogens is 1. The summed E-state index contributed by atoms with van der Waals surface area (Å²) in [6, 6.07) is 7.70. The van der Waals surface area contributed by atoms with Crippen LogP contribution < -0.4 is 5.32 Å². The van der Waals surface area contributed by atoms with Crippen molar-refractivity contribution in [1.29, 1.82) is 0 Å². The summed E-state index contributed by atoms with van der Waals surface area (Å²) in [4.78, 5) is 4.26. The number of oxazole rings is 1. The molecule has 0 amide bonds. The highest BCUT2D eigenvalue weighted by molar-refractivity contribution is 5.73. The lowest BCUT2D eigenvalue weighted by molar-refractivity contribution is 0.589. The average Bonchev–Trinajstić information content (AvgIpc) is 2.57. The molecule has 3 nitrogen and oxygen atoms in total. The first-order valence-corrected chi connectivity index (χ1v) is 4.09. The van der Waals surface area contributed by atoms with Crippen LogP contribution in [0, 0.1) is 0 Å². The molecule has 0 unspecified atom stereocenters. The predicted molar refractivity (Wildman–Crippen MR) is 52.1 cm³/mol. The fraction of sp³-hybridized carbons (Fsp3) is 0.100. The second-order valence-corrected chi connectivity index (χ2v) is 2.64. The van der Waals surface area contributed by atoms with Gasteiger partial charge in [0.2, 0.25) is 5.89 Å². The maximum Gasteiger partial charge on any atom is 0.221 e. The monoisotopic (exact) mass is 174 g/mol. The Morgan fingerprint density at radius 3 is 3.00 bits per heavy atom. The summed E-state index contributed by atoms with van der Waals surface area (Å²) in [5, 5.41) is 2.88. The topological polar surface area (TPSA) is 38.1 Å². The number of hydrogen-bond acceptors (Lipinski definition) is 3. The van der Waals surface area contributed by atoms with E-state index in [4.69, 9.17) is 4.42 Å². The van der Waals surface area contributed by atoms with Gasteiger partial charge in [-0.15, -0.1) is 0 Å². The number of fused-ring (bicyclic) bond motifs is 1. The van der Waals surface area contributed by atoms with Crippen molar-refractivity contribution in [3.63, 3.8) is 0 Å². The lowest BCUT2D eigenvalue weighted by Gasteiger charge is -1.82. The number of benzene rings is 1. The molecule has 0 aliphatic rings. The molecular weight excluding hydrogens is 164 g/mol. The van der Waals surface area contributed by atoms with Gasteiger partial charge < -0.3 is 9.73 Å². The molecule has 13 heavy (non-hydrogen) atoms. The summed E-state index contributed by atoms with van der Waals surface area (Å²) < 4.78 is 5.43. The highest BCUT2D eigenvalue weighted by Crippen LogP contribution is 2.14. The maximum absolute atomic E-state index is 5.43. The summed E-state index contributed by atoms with van der Waals surface area (Å²) >= 11 is 0. The zero-order valence-corrected chi connectivity index (χ0v) is 7.32. The Morgan fingerprint density at radius 1 is 1.38 bits per heavy atom.